The lowest BCUT2D eigenvalue weighted by atomic mass is 9.94. The highest BCUT2D eigenvalue weighted by Gasteiger charge is 2.25. The van der Waals surface area contributed by atoms with Gasteiger partial charge in [-0.05, 0) is 44.7 Å². The number of hydrogen-bond acceptors (Lipinski definition) is 2. The van der Waals surface area contributed by atoms with Crippen molar-refractivity contribution in [2.45, 2.75) is 65.8 Å². The second kappa shape index (κ2) is 7.62. The lowest BCUT2D eigenvalue weighted by Crippen LogP contribution is -2.44. The lowest BCUT2D eigenvalue weighted by molar-refractivity contribution is -0.135. The fraction of sp³-hybridized carbons (Fsp3) is 0.579. The second-order valence-electron chi connectivity index (χ2n) is 6.76. The third kappa shape index (κ3) is 4.57. The van der Waals surface area contributed by atoms with Gasteiger partial charge in [-0.1, -0.05) is 37.0 Å². The third-order valence-electron chi connectivity index (χ3n) is 4.68. The molecule has 23 heavy (non-hydrogen) atoms. The van der Waals surface area contributed by atoms with Crippen LogP contribution in [0.15, 0.2) is 12.1 Å². The van der Waals surface area contributed by atoms with Crippen molar-refractivity contribution in [3.05, 3.63) is 28.8 Å². The molecule has 0 unspecified atom stereocenters. The van der Waals surface area contributed by atoms with Gasteiger partial charge in [0.05, 0.1) is 0 Å². The molecule has 1 aliphatic rings. The van der Waals surface area contributed by atoms with Crippen LogP contribution in [0.3, 0.4) is 0 Å². The average molecular weight is 316 g/mol. The van der Waals surface area contributed by atoms with Gasteiger partial charge in [-0.15, -0.1) is 0 Å². The van der Waals surface area contributed by atoms with Gasteiger partial charge in [-0.3, -0.25) is 9.59 Å². The molecule has 0 heterocycles. The van der Waals surface area contributed by atoms with Gasteiger partial charge in [-0.25, -0.2) is 0 Å². The van der Waals surface area contributed by atoms with Gasteiger partial charge in [0.25, 0.3) is 0 Å². The molecular weight excluding hydrogens is 288 g/mol. The zero-order chi connectivity index (χ0) is 17.0. The molecule has 1 aliphatic carbocycles. The molecule has 4 nitrogen and oxygen atoms in total. The SMILES string of the molecule is CC(=O)N(CC(=O)Nc1c(C)cc(C)cc1C)C1CCCCC1. The molecule has 1 fully saturated rings. The zero-order valence-electron chi connectivity index (χ0n) is 14.7. The maximum absolute atomic E-state index is 12.5. The number of rotatable bonds is 4. The first kappa shape index (κ1) is 17.5. The Labute approximate surface area is 139 Å². The first-order chi connectivity index (χ1) is 10.9. The lowest BCUT2D eigenvalue weighted by Gasteiger charge is -2.33. The van der Waals surface area contributed by atoms with Gasteiger partial charge in [0.1, 0.15) is 6.54 Å². The van der Waals surface area contributed by atoms with E-state index in [1.807, 2.05) is 20.8 Å². The van der Waals surface area contributed by atoms with Crippen LogP contribution in [0.2, 0.25) is 0 Å². The van der Waals surface area contributed by atoms with Crippen LogP contribution in [0.1, 0.15) is 55.7 Å². The maximum atomic E-state index is 12.5. The van der Waals surface area contributed by atoms with E-state index in [4.69, 9.17) is 0 Å². The quantitative estimate of drug-likeness (QED) is 0.920. The van der Waals surface area contributed by atoms with Gasteiger partial charge >= 0.3 is 0 Å². The summed E-state index contributed by atoms with van der Waals surface area (Å²) in [6.07, 6.45) is 5.54. The molecule has 0 radical (unpaired) electrons. The zero-order valence-corrected chi connectivity index (χ0v) is 14.7. The maximum Gasteiger partial charge on any atom is 0.244 e. The Hall–Kier alpha value is -1.84. The van der Waals surface area contributed by atoms with Gasteiger partial charge in [0.2, 0.25) is 11.8 Å². The first-order valence-electron chi connectivity index (χ1n) is 8.53. The van der Waals surface area contributed by atoms with Crippen LogP contribution in [-0.2, 0) is 9.59 Å². The van der Waals surface area contributed by atoms with Crippen molar-refractivity contribution < 1.29 is 9.59 Å². The Morgan fingerprint density at radius 1 is 1.09 bits per heavy atom. The molecule has 1 aromatic rings. The van der Waals surface area contributed by atoms with E-state index < -0.39 is 0 Å². The molecule has 0 bridgehead atoms. The molecular formula is C19H28N2O2. The summed E-state index contributed by atoms with van der Waals surface area (Å²) < 4.78 is 0. The molecule has 0 aromatic heterocycles. The first-order valence-corrected chi connectivity index (χ1v) is 8.53. The molecule has 126 valence electrons. The minimum absolute atomic E-state index is 0.00981. The smallest absolute Gasteiger partial charge is 0.244 e. The summed E-state index contributed by atoms with van der Waals surface area (Å²) in [5, 5.41) is 3.00. The fourth-order valence-corrected chi connectivity index (χ4v) is 3.60. The van der Waals surface area contributed by atoms with Crippen LogP contribution >= 0.6 is 0 Å². The van der Waals surface area contributed by atoms with Crippen molar-refractivity contribution in [3.63, 3.8) is 0 Å². The summed E-state index contributed by atoms with van der Waals surface area (Å²) in [7, 11) is 0. The van der Waals surface area contributed by atoms with Crippen LogP contribution in [-0.4, -0.2) is 29.3 Å². The van der Waals surface area contributed by atoms with E-state index in [-0.39, 0.29) is 24.4 Å². The summed E-state index contributed by atoms with van der Waals surface area (Å²) in [6.45, 7) is 7.75. The molecule has 1 N–H and O–H groups in total. The second-order valence-corrected chi connectivity index (χ2v) is 6.76. The summed E-state index contributed by atoms with van der Waals surface area (Å²) in [4.78, 5) is 26.2. The van der Waals surface area contributed by atoms with Crippen LogP contribution < -0.4 is 5.32 Å². The number of nitrogens with zero attached hydrogens (tertiary/aromatic N) is 1. The standard InChI is InChI=1S/C19H28N2O2/c1-13-10-14(2)19(15(3)11-13)20-18(23)12-21(16(4)22)17-8-6-5-7-9-17/h10-11,17H,5-9,12H2,1-4H3,(H,20,23). The molecule has 0 spiro atoms. The summed E-state index contributed by atoms with van der Waals surface area (Å²) in [6, 6.07) is 4.34. The highest BCUT2D eigenvalue weighted by Crippen LogP contribution is 2.24. The van der Waals surface area contributed by atoms with Crippen molar-refractivity contribution in [1.82, 2.24) is 4.90 Å². The van der Waals surface area contributed by atoms with Crippen LogP contribution in [0.25, 0.3) is 0 Å². The van der Waals surface area contributed by atoms with E-state index in [1.54, 1.807) is 11.8 Å². The normalized spacial score (nSPS) is 15.3. The number of nitrogens with one attached hydrogen (secondary N) is 1. The Balaban J connectivity index is 2.06. The third-order valence-corrected chi connectivity index (χ3v) is 4.68. The van der Waals surface area contributed by atoms with Crippen molar-refractivity contribution >= 4 is 17.5 Å². The van der Waals surface area contributed by atoms with Crippen LogP contribution in [0.4, 0.5) is 5.69 Å². The summed E-state index contributed by atoms with van der Waals surface area (Å²) in [5.74, 6) is -0.120. The fourth-order valence-electron chi connectivity index (χ4n) is 3.60. The Kier molecular flexibility index (Phi) is 5.80. The van der Waals surface area contributed by atoms with E-state index in [0.717, 1.165) is 42.5 Å². The van der Waals surface area contributed by atoms with Gasteiger partial charge < -0.3 is 10.2 Å². The molecule has 1 saturated carbocycles. The monoisotopic (exact) mass is 316 g/mol. The number of amides is 2. The van der Waals surface area contributed by atoms with Crippen LogP contribution in [0.5, 0.6) is 0 Å². The van der Waals surface area contributed by atoms with Crippen molar-refractivity contribution in [3.8, 4) is 0 Å². The summed E-state index contributed by atoms with van der Waals surface area (Å²) in [5.41, 5.74) is 4.17. The molecule has 2 amide bonds. The number of anilines is 1. The number of hydrogen-bond donors (Lipinski definition) is 1. The largest absolute Gasteiger partial charge is 0.331 e. The average Bonchev–Trinajstić information content (AvgIpc) is 2.49. The van der Waals surface area contributed by atoms with Crippen molar-refractivity contribution in [1.29, 1.82) is 0 Å². The summed E-state index contributed by atoms with van der Waals surface area (Å²) >= 11 is 0. The molecule has 0 saturated heterocycles. The minimum Gasteiger partial charge on any atom is -0.331 e. The number of benzene rings is 1. The van der Waals surface area contributed by atoms with Crippen LogP contribution in [0, 0.1) is 20.8 Å². The van der Waals surface area contributed by atoms with E-state index in [1.165, 1.54) is 12.0 Å². The topological polar surface area (TPSA) is 49.4 Å². The van der Waals surface area contributed by atoms with E-state index in [2.05, 4.69) is 17.4 Å². The van der Waals surface area contributed by atoms with E-state index in [0.29, 0.717) is 0 Å². The number of carbonyl (C=O) groups excluding carboxylic acids is 2. The molecule has 4 heteroatoms. The predicted octanol–water partition coefficient (Wildman–Crippen LogP) is 3.73. The van der Waals surface area contributed by atoms with Crippen molar-refractivity contribution in [2.24, 2.45) is 0 Å². The number of carbonyl (C=O) groups is 2. The molecule has 0 atom stereocenters. The van der Waals surface area contributed by atoms with E-state index in [9.17, 15) is 9.59 Å². The van der Waals surface area contributed by atoms with E-state index >= 15 is 0 Å². The Morgan fingerprint density at radius 3 is 2.17 bits per heavy atom. The minimum atomic E-state index is -0.110. The molecule has 2 rings (SSSR count). The van der Waals surface area contributed by atoms with Gasteiger partial charge in [0, 0.05) is 18.7 Å². The number of aryl methyl sites for hydroxylation is 3. The Bertz CT molecular complexity index is 566. The highest BCUT2D eigenvalue weighted by atomic mass is 16.2. The highest BCUT2D eigenvalue weighted by molar-refractivity contribution is 5.95. The van der Waals surface area contributed by atoms with Gasteiger partial charge in [0.15, 0.2) is 0 Å². The predicted molar refractivity (Wildman–Crippen MR) is 93.5 cm³/mol. The van der Waals surface area contributed by atoms with Crippen molar-refractivity contribution in [2.75, 3.05) is 11.9 Å². The molecule has 0 aliphatic heterocycles. The Morgan fingerprint density at radius 2 is 1.65 bits per heavy atom. The van der Waals surface area contributed by atoms with Gasteiger partial charge in [-0.2, -0.15) is 0 Å². The molecule has 1 aromatic carbocycles.